The third-order valence-corrected chi connectivity index (χ3v) is 4.49. The van der Waals surface area contributed by atoms with Crippen LogP contribution < -0.4 is 0 Å². The zero-order valence-corrected chi connectivity index (χ0v) is 15.9. The number of fused-ring (bicyclic) bond motifs is 1. The van der Waals surface area contributed by atoms with Crippen LogP contribution in [-0.4, -0.2) is 32.8 Å². The summed E-state index contributed by atoms with van der Waals surface area (Å²) < 4.78 is 45.2. The fourth-order valence-electron chi connectivity index (χ4n) is 3.12. The molecule has 152 valence electrons. The molecule has 4 rings (SSSR count). The molecule has 30 heavy (non-hydrogen) atoms. The number of esters is 1. The Kier molecular flexibility index (Phi) is 4.73. The van der Waals surface area contributed by atoms with Gasteiger partial charge in [0.2, 0.25) is 0 Å². The predicted octanol–water partition coefficient (Wildman–Crippen LogP) is 4.60. The average Bonchev–Trinajstić information content (AvgIpc) is 3.15. The molecule has 0 aliphatic heterocycles. The molecule has 0 aliphatic rings. The van der Waals surface area contributed by atoms with Crippen molar-refractivity contribution in [3.05, 3.63) is 71.8 Å². The number of benzene rings is 1. The summed E-state index contributed by atoms with van der Waals surface area (Å²) in [5.41, 5.74) is 1.84. The van der Waals surface area contributed by atoms with Crippen LogP contribution in [0.1, 0.15) is 21.9 Å². The molecular formula is C21H15F3N4O2. The van der Waals surface area contributed by atoms with Crippen molar-refractivity contribution in [3.63, 3.8) is 0 Å². The normalized spacial score (nSPS) is 11.6. The van der Waals surface area contributed by atoms with E-state index in [0.717, 1.165) is 22.6 Å². The molecule has 0 spiro atoms. The molecule has 0 saturated carbocycles. The second kappa shape index (κ2) is 7.25. The fraction of sp³-hybridized carbons (Fsp3) is 0.143. The Hall–Kier alpha value is -3.75. The molecule has 0 amide bonds. The molecule has 0 radical (unpaired) electrons. The van der Waals surface area contributed by atoms with Crippen LogP contribution in [0.4, 0.5) is 13.2 Å². The summed E-state index contributed by atoms with van der Waals surface area (Å²) in [7, 11) is 1.28. The third kappa shape index (κ3) is 3.61. The van der Waals surface area contributed by atoms with E-state index in [0.29, 0.717) is 11.2 Å². The highest BCUT2D eigenvalue weighted by atomic mass is 19.4. The highest BCUT2D eigenvalue weighted by molar-refractivity contribution is 5.90. The second-order valence-electron chi connectivity index (χ2n) is 6.58. The first-order valence-electron chi connectivity index (χ1n) is 8.86. The summed E-state index contributed by atoms with van der Waals surface area (Å²) in [5, 5.41) is 4.93. The van der Waals surface area contributed by atoms with Crippen LogP contribution in [-0.2, 0) is 10.9 Å². The number of methoxy groups -OCH3 is 1. The van der Waals surface area contributed by atoms with E-state index in [-0.39, 0.29) is 11.5 Å². The molecule has 4 aromatic rings. The lowest BCUT2D eigenvalue weighted by Crippen LogP contribution is -2.10. The van der Waals surface area contributed by atoms with Crippen molar-refractivity contribution in [2.24, 2.45) is 0 Å². The summed E-state index contributed by atoms with van der Waals surface area (Å²) >= 11 is 0. The quantitative estimate of drug-likeness (QED) is 0.460. The smallest absolute Gasteiger partial charge is 0.433 e. The maximum absolute atomic E-state index is 13.0. The number of alkyl halides is 3. The topological polar surface area (TPSA) is 69.9 Å². The van der Waals surface area contributed by atoms with Gasteiger partial charge in [0.25, 0.3) is 0 Å². The lowest BCUT2D eigenvalue weighted by atomic mass is 10.0. The number of carbonyl (C=O) groups is 1. The number of rotatable bonds is 3. The molecule has 3 aromatic heterocycles. The lowest BCUT2D eigenvalue weighted by molar-refractivity contribution is -0.141. The number of aromatic nitrogens is 4. The van der Waals surface area contributed by atoms with Gasteiger partial charge in [0.1, 0.15) is 11.4 Å². The van der Waals surface area contributed by atoms with Gasteiger partial charge in [-0.25, -0.2) is 19.4 Å². The first-order chi connectivity index (χ1) is 14.3. The first-order valence-corrected chi connectivity index (χ1v) is 8.86. The SMILES string of the molecule is COC(=O)c1cc(-c2ccc3cnn(-c4cccc(C(F)(F)F)n4)c3c2)cc(C)n1. The van der Waals surface area contributed by atoms with E-state index in [1.54, 1.807) is 37.4 Å². The molecule has 1 aromatic carbocycles. The van der Waals surface area contributed by atoms with Crippen LogP contribution in [0.3, 0.4) is 0 Å². The van der Waals surface area contributed by atoms with Crippen molar-refractivity contribution in [1.29, 1.82) is 0 Å². The summed E-state index contributed by atoms with van der Waals surface area (Å²) in [6.45, 7) is 1.76. The number of nitrogens with zero attached hydrogens (tertiary/aromatic N) is 4. The van der Waals surface area contributed by atoms with E-state index >= 15 is 0 Å². The van der Waals surface area contributed by atoms with E-state index in [4.69, 9.17) is 4.74 Å². The standard InChI is InChI=1S/C21H15F3N4O2/c1-12-8-15(9-16(26-12)20(29)30-2)13-6-7-14-11-25-28(17(14)10-13)19-5-3-4-18(27-19)21(22,23)24/h3-11H,1-2H3. The van der Waals surface area contributed by atoms with Gasteiger partial charge in [0, 0.05) is 11.1 Å². The molecule has 6 nitrogen and oxygen atoms in total. The minimum Gasteiger partial charge on any atom is -0.464 e. The van der Waals surface area contributed by atoms with Gasteiger partial charge in [-0.3, -0.25) is 0 Å². The van der Waals surface area contributed by atoms with Crippen molar-refractivity contribution in [1.82, 2.24) is 19.7 Å². The van der Waals surface area contributed by atoms with Crippen molar-refractivity contribution < 1.29 is 22.7 Å². The van der Waals surface area contributed by atoms with Gasteiger partial charge in [-0.2, -0.15) is 18.3 Å². The Morgan fingerprint density at radius 3 is 2.57 bits per heavy atom. The van der Waals surface area contributed by atoms with Gasteiger partial charge < -0.3 is 4.74 Å². The van der Waals surface area contributed by atoms with E-state index in [2.05, 4.69) is 15.1 Å². The highest BCUT2D eigenvalue weighted by Gasteiger charge is 2.32. The van der Waals surface area contributed by atoms with Gasteiger partial charge in [0.05, 0.1) is 18.8 Å². The average molecular weight is 412 g/mol. The Morgan fingerprint density at radius 1 is 1.03 bits per heavy atom. The maximum atomic E-state index is 13.0. The highest BCUT2D eigenvalue weighted by Crippen LogP contribution is 2.30. The number of pyridine rings is 2. The fourth-order valence-corrected chi connectivity index (χ4v) is 3.12. The van der Waals surface area contributed by atoms with Gasteiger partial charge >= 0.3 is 12.1 Å². The molecule has 3 heterocycles. The largest absolute Gasteiger partial charge is 0.464 e. The van der Waals surface area contributed by atoms with Crippen LogP contribution in [0.2, 0.25) is 0 Å². The Bertz CT molecular complexity index is 1260. The maximum Gasteiger partial charge on any atom is 0.433 e. The number of hydrogen-bond donors (Lipinski definition) is 0. The predicted molar refractivity (Wildman–Crippen MR) is 103 cm³/mol. The molecule has 0 atom stereocenters. The lowest BCUT2D eigenvalue weighted by Gasteiger charge is -2.09. The van der Waals surface area contributed by atoms with Crippen LogP contribution in [0.25, 0.3) is 27.8 Å². The third-order valence-electron chi connectivity index (χ3n) is 4.49. The Morgan fingerprint density at radius 2 is 1.83 bits per heavy atom. The number of ether oxygens (including phenoxy) is 1. The Balaban J connectivity index is 1.84. The summed E-state index contributed by atoms with van der Waals surface area (Å²) in [4.78, 5) is 19.8. The van der Waals surface area contributed by atoms with Gasteiger partial charge in [-0.15, -0.1) is 0 Å². The van der Waals surface area contributed by atoms with Crippen LogP contribution in [0.15, 0.2) is 54.7 Å². The van der Waals surface area contributed by atoms with Crippen LogP contribution >= 0.6 is 0 Å². The van der Waals surface area contributed by atoms with Crippen LogP contribution in [0.5, 0.6) is 0 Å². The Labute approximate surface area is 169 Å². The second-order valence-corrected chi connectivity index (χ2v) is 6.58. The molecular weight excluding hydrogens is 397 g/mol. The first kappa shape index (κ1) is 19.6. The summed E-state index contributed by atoms with van der Waals surface area (Å²) in [6.07, 6.45) is -3.00. The minimum absolute atomic E-state index is 0.0538. The molecule has 0 N–H and O–H groups in total. The van der Waals surface area contributed by atoms with E-state index in [1.165, 1.54) is 23.9 Å². The summed E-state index contributed by atoms with van der Waals surface area (Å²) in [6, 6.07) is 12.5. The number of carbonyl (C=O) groups excluding carboxylic acids is 1. The molecule has 0 fully saturated rings. The van der Waals surface area contributed by atoms with Crippen molar-refractivity contribution in [3.8, 4) is 16.9 Å². The number of halogens is 3. The minimum atomic E-state index is -4.55. The molecule has 9 heteroatoms. The van der Waals surface area contributed by atoms with Crippen molar-refractivity contribution >= 4 is 16.9 Å². The zero-order chi connectivity index (χ0) is 21.5. The molecule has 0 bridgehead atoms. The van der Waals surface area contributed by atoms with E-state index in [1.807, 2.05) is 6.07 Å². The summed E-state index contributed by atoms with van der Waals surface area (Å²) in [5.74, 6) is -0.502. The zero-order valence-electron chi connectivity index (χ0n) is 15.9. The van der Waals surface area contributed by atoms with Gasteiger partial charge in [-0.1, -0.05) is 18.2 Å². The van der Waals surface area contributed by atoms with Crippen molar-refractivity contribution in [2.45, 2.75) is 13.1 Å². The van der Waals surface area contributed by atoms with E-state index < -0.39 is 17.8 Å². The number of aryl methyl sites for hydroxylation is 1. The van der Waals surface area contributed by atoms with Gasteiger partial charge in [-0.05, 0) is 48.4 Å². The number of hydrogen-bond acceptors (Lipinski definition) is 5. The van der Waals surface area contributed by atoms with E-state index in [9.17, 15) is 18.0 Å². The monoisotopic (exact) mass is 412 g/mol. The van der Waals surface area contributed by atoms with Crippen LogP contribution in [0, 0.1) is 6.92 Å². The molecule has 0 unspecified atom stereocenters. The van der Waals surface area contributed by atoms with Gasteiger partial charge in [0.15, 0.2) is 5.82 Å². The molecule has 0 saturated heterocycles. The van der Waals surface area contributed by atoms with Crippen molar-refractivity contribution in [2.75, 3.05) is 7.11 Å². The molecule has 0 aliphatic carbocycles.